The van der Waals surface area contributed by atoms with E-state index in [0.29, 0.717) is 54.8 Å². The van der Waals surface area contributed by atoms with Gasteiger partial charge in [0.2, 0.25) is 0 Å². The van der Waals surface area contributed by atoms with Gasteiger partial charge in [0.15, 0.2) is 11.5 Å². The number of hydrogen-bond donors (Lipinski definition) is 0. The van der Waals surface area contributed by atoms with Gasteiger partial charge in [0.05, 0.1) is 0 Å². The molecule has 0 aliphatic carbocycles. The van der Waals surface area contributed by atoms with E-state index in [1.165, 1.54) is 6.07 Å². The molecule has 3 aromatic rings. The van der Waals surface area contributed by atoms with Crippen molar-refractivity contribution in [2.45, 2.75) is 13.5 Å². The van der Waals surface area contributed by atoms with Gasteiger partial charge in [-0.05, 0) is 19.1 Å². The Hall–Kier alpha value is -2.70. The molecule has 0 N–H and O–H groups in total. The van der Waals surface area contributed by atoms with Gasteiger partial charge in [0, 0.05) is 54.9 Å². The van der Waals surface area contributed by atoms with Gasteiger partial charge in [-0.1, -0.05) is 52.7 Å². The SMILES string of the molecule is Cc1ccc(-c2cc(C(=O)N3CCN(Cc4c(F)cccc4Cl)CC3)no2)cc1. The Morgan fingerprint density at radius 3 is 2.55 bits per heavy atom. The summed E-state index contributed by atoms with van der Waals surface area (Å²) >= 11 is 6.12. The lowest BCUT2D eigenvalue weighted by Gasteiger charge is -2.34. The molecule has 1 fully saturated rings. The van der Waals surface area contributed by atoms with Gasteiger partial charge >= 0.3 is 0 Å². The standard InChI is InChI=1S/C22H21ClFN3O2/c1-15-5-7-16(8-6-15)21-13-20(25-29-21)22(28)27-11-9-26(10-12-27)14-17-18(23)3-2-4-19(17)24/h2-8,13H,9-12,14H2,1H3. The molecule has 1 saturated heterocycles. The summed E-state index contributed by atoms with van der Waals surface area (Å²) in [7, 11) is 0. The Morgan fingerprint density at radius 1 is 1.14 bits per heavy atom. The smallest absolute Gasteiger partial charge is 0.276 e. The zero-order chi connectivity index (χ0) is 20.4. The van der Waals surface area contributed by atoms with Crippen LogP contribution >= 0.6 is 11.6 Å². The monoisotopic (exact) mass is 413 g/mol. The van der Waals surface area contributed by atoms with Crippen LogP contribution in [-0.4, -0.2) is 47.0 Å². The van der Waals surface area contributed by atoms with E-state index in [4.69, 9.17) is 16.1 Å². The summed E-state index contributed by atoms with van der Waals surface area (Å²) in [6.07, 6.45) is 0. The molecule has 5 nitrogen and oxygen atoms in total. The van der Waals surface area contributed by atoms with E-state index in [1.54, 1.807) is 23.1 Å². The minimum atomic E-state index is -0.303. The Bertz CT molecular complexity index is 991. The molecule has 2 aromatic carbocycles. The Morgan fingerprint density at radius 2 is 1.86 bits per heavy atom. The number of carbonyl (C=O) groups is 1. The normalized spacial score (nSPS) is 14.9. The minimum Gasteiger partial charge on any atom is -0.355 e. The highest BCUT2D eigenvalue weighted by molar-refractivity contribution is 6.31. The molecule has 1 aliphatic rings. The highest BCUT2D eigenvalue weighted by Gasteiger charge is 2.25. The number of rotatable bonds is 4. The van der Waals surface area contributed by atoms with Gasteiger partial charge in [-0.15, -0.1) is 0 Å². The fourth-order valence-corrected chi connectivity index (χ4v) is 3.63. The third kappa shape index (κ3) is 4.33. The number of aromatic nitrogens is 1. The molecule has 1 amide bonds. The van der Waals surface area contributed by atoms with Crippen LogP contribution in [0.3, 0.4) is 0 Å². The number of piperazine rings is 1. The predicted molar refractivity (Wildman–Crippen MR) is 109 cm³/mol. The van der Waals surface area contributed by atoms with Gasteiger partial charge < -0.3 is 9.42 Å². The highest BCUT2D eigenvalue weighted by atomic mass is 35.5. The van der Waals surface area contributed by atoms with E-state index in [-0.39, 0.29) is 11.7 Å². The first-order valence-electron chi connectivity index (χ1n) is 9.49. The number of carbonyl (C=O) groups excluding carboxylic acids is 1. The molecule has 0 saturated carbocycles. The highest BCUT2D eigenvalue weighted by Crippen LogP contribution is 2.23. The molecule has 0 spiro atoms. The lowest BCUT2D eigenvalue weighted by atomic mass is 10.1. The van der Waals surface area contributed by atoms with Crippen molar-refractivity contribution in [3.05, 3.63) is 76.2 Å². The molecule has 2 heterocycles. The van der Waals surface area contributed by atoms with Crippen molar-refractivity contribution in [2.75, 3.05) is 26.2 Å². The van der Waals surface area contributed by atoms with Crippen molar-refractivity contribution in [2.24, 2.45) is 0 Å². The second kappa shape index (κ2) is 8.35. The van der Waals surface area contributed by atoms with Gasteiger partial charge in [0.1, 0.15) is 5.82 Å². The second-order valence-corrected chi connectivity index (χ2v) is 7.62. The van der Waals surface area contributed by atoms with Crippen molar-refractivity contribution in [3.63, 3.8) is 0 Å². The lowest BCUT2D eigenvalue weighted by molar-refractivity contribution is 0.0617. The van der Waals surface area contributed by atoms with Crippen LogP contribution in [0, 0.1) is 12.7 Å². The summed E-state index contributed by atoms with van der Waals surface area (Å²) in [4.78, 5) is 16.6. The number of hydrogen-bond acceptors (Lipinski definition) is 4. The molecule has 0 bridgehead atoms. The van der Waals surface area contributed by atoms with Crippen LogP contribution in [0.15, 0.2) is 53.1 Å². The summed E-state index contributed by atoms with van der Waals surface area (Å²) in [5, 5.41) is 4.38. The Balaban J connectivity index is 1.37. The van der Waals surface area contributed by atoms with E-state index in [9.17, 15) is 9.18 Å². The zero-order valence-electron chi connectivity index (χ0n) is 16.1. The molecular weight excluding hydrogens is 393 g/mol. The van der Waals surface area contributed by atoms with Crippen LogP contribution in [0.5, 0.6) is 0 Å². The topological polar surface area (TPSA) is 49.6 Å². The van der Waals surface area contributed by atoms with Crippen LogP contribution in [0.2, 0.25) is 5.02 Å². The Labute approximate surface area is 173 Å². The summed E-state index contributed by atoms with van der Waals surface area (Å²) in [5.74, 6) is 0.110. The van der Waals surface area contributed by atoms with Crippen molar-refractivity contribution in [1.82, 2.24) is 15.0 Å². The van der Waals surface area contributed by atoms with Crippen molar-refractivity contribution >= 4 is 17.5 Å². The first-order valence-corrected chi connectivity index (χ1v) is 9.87. The van der Waals surface area contributed by atoms with Crippen LogP contribution in [0.1, 0.15) is 21.6 Å². The predicted octanol–water partition coefficient (Wildman–Crippen LogP) is 4.40. The van der Waals surface area contributed by atoms with E-state index >= 15 is 0 Å². The van der Waals surface area contributed by atoms with Crippen molar-refractivity contribution in [1.29, 1.82) is 0 Å². The third-order valence-corrected chi connectivity index (χ3v) is 5.52. The summed E-state index contributed by atoms with van der Waals surface area (Å²) in [5.41, 5.74) is 2.83. The molecule has 1 aliphatic heterocycles. The molecule has 0 unspecified atom stereocenters. The Kier molecular flexibility index (Phi) is 5.65. The van der Waals surface area contributed by atoms with Gasteiger partial charge in [-0.3, -0.25) is 9.69 Å². The van der Waals surface area contributed by atoms with Crippen LogP contribution in [0.4, 0.5) is 4.39 Å². The van der Waals surface area contributed by atoms with Crippen LogP contribution in [-0.2, 0) is 6.54 Å². The molecule has 0 radical (unpaired) electrons. The number of halogens is 2. The average molecular weight is 414 g/mol. The van der Waals surface area contributed by atoms with Crippen molar-refractivity contribution < 1.29 is 13.7 Å². The number of aryl methyl sites for hydroxylation is 1. The molecule has 1 aromatic heterocycles. The maximum atomic E-state index is 14.0. The zero-order valence-corrected chi connectivity index (χ0v) is 16.8. The molecule has 150 valence electrons. The van der Waals surface area contributed by atoms with E-state index < -0.39 is 0 Å². The van der Waals surface area contributed by atoms with E-state index in [0.717, 1.165) is 11.1 Å². The summed E-state index contributed by atoms with van der Waals surface area (Å²) < 4.78 is 19.4. The molecular formula is C22H21ClFN3O2. The summed E-state index contributed by atoms with van der Waals surface area (Å²) in [6, 6.07) is 14.2. The van der Waals surface area contributed by atoms with Crippen molar-refractivity contribution in [3.8, 4) is 11.3 Å². The second-order valence-electron chi connectivity index (χ2n) is 7.21. The molecule has 0 atom stereocenters. The molecule has 7 heteroatoms. The molecule has 4 rings (SSSR count). The van der Waals surface area contributed by atoms with E-state index in [1.807, 2.05) is 31.2 Å². The first-order chi connectivity index (χ1) is 14.0. The quantitative estimate of drug-likeness (QED) is 0.636. The number of amides is 1. The minimum absolute atomic E-state index is 0.157. The third-order valence-electron chi connectivity index (χ3n) is 5.17. The lowest BCUT2D eigenvalue weighted by Crippen LogP contribution is -2.48. The first kappa shape index (κ1) is 19.6. The van der Waals surface area contributed by atoms with Gasteiger partial charge in [-0.2, -0.15) is 0 Å². The van der Waals surface area contributed by atoms with Crippen LogP contribution < -0.4 is 0 Å². The summed E-state index contributed by atoms with van der Waals surface area (Å²) in [6.45, 7) is 4.79. The van der Waals surface area contributed by atoms with E-state index in [2.05, 4.69) is 10.1 Å². The van der Waals surface area contributed by atoms with Gasteiger partial charge in [0.25, 0.3) is 5.91 Å². The molecule has 29 heavy (non-hydrogen) atoms. The average Bonchev–Trinajstić information content (AvgIpc) is 3.21. The maximum Gasteiger partial charge on any atom is 0.276 e. The van der Waals surface area contributed by atoms with Gasteiger partial charge in [-0.25, -0.2) is 4.39 Å². The number of benzene rings is 2. The number of nitrogens with zero attached hydrogens (tertiary/aromatic N) is 3. The fraction of sp³-hybridized carbons (Fsp3) is 0.273. The largest absolute Gasteiger partial charge is 0.355 e. The maximum absolute atomic E-state index is 14.0. The van der Waals surface area contributed by atoms with Crippen LogP contribution in [0.25, 0.3) is 11.3 Å². The fourth-order valence-electron chi connectivity index (χ4n) is 3.41.